The molecule has 4 aliphatic rings. The number of aliphatic hydroxyl groups excluding tert-OH is 1. The molecule has 0 aromatic heterocycles. The highest BCUT2D eigenvalue weighted by atomic mass is 32.2. The number of Topliss-reactive ketones (excluding diaryl/α,β-unsaturated/α-hetero) is 1. The average molecular weight is 479 g/mol. The zero-order valence-corrected chi connectivity index (χ0v) is 22.3. The molecule has 4 fully saturated rings. The summed E-state index contributed by atoms with van der Waals surface area (Å²) in [6.45, 7) is 9.45. The summed E-state index contributed by atoms with van der Waals surface area (Å²) in [5, 5.41) is 10.4. The van der Waals surface area contributed by atoms with E-state index in [-0.39, 0.29) is 34.7 Å². The zero-order valence-electron chi connectivity index (χ0n) is 21.5. The number of carbonyl (C=O) groups excluding carboxylic acids is 2. The van der Waals surface area contributed by atoms with Crippen LogP contribution < -0.4 is 0 Å². The number of fused-ring (bicyclic) bond motifs is 5. The third-order valence-electron chi connectivity index (χ3n) is 11.0. The lowest BCUT2D eigenvalue weighted by atomic mass is 9.42. The Morgan fingerprint density at radius 1 is 1.12 bits per heavy atom. The SMILES string of the molecule is CC[C@H]1C(=O)[C@@H]2[C@H](CC[C@]3(C)[C@@H]([C@H](C)CCC(=O)OCSC)CC[C@@H]23)[C@@]2(C)CC[C@@H](O)C[C@@H]12. The highest BCUT2D eigenvalue weighted by Gasteiger charge is 2.65. The van der Waals surface area contributed by atoms with E-state index in [2.05, 4.69) is 27.7 Å². The second kappa shape index (κ2) is 9.84. The number of esters is 1. The lowest BCUT2D eigenvalue weighted by Crippen LogP contribution is -2.60. The molecule has 33 heavy (non-hydrogen) atoms. The van der Waals surface area contributed by atoms with Crippen molar-refractivity contribution in [3.63, 3.8) is 0 Å². The van der Waals surface area contributed by atoms with Crippen LogP contribution in [0.4, 0.5) is 0 Å². The highest BCUT2D eigenvalue weighted by Crippen LogP contribution is 2.68. The van der Waals surface area contributed by atoms with Gasteiger partial charge in [0.15, 0.2) is 0 Å². The molecular weight excluding hydrogens is 432 g/mol. The van der Waals surface area contributed by atoms with Gasteiger partial charge < -0.3 is 9.84 Å². The maximum Gasteiger partial charge on any atom is 0.306 e. The summed E-state index contributed by atoms with van der Waals surface area (Å²) in [5.41, 5.74) is 0.402. The maximum absolute atomic E-state index is 14.0. The van der Waals surface area contributed by atoms with Crippen molar-refractivity contribution in [3.8, 4) is 0 Å². The van der Waals surface area contributed by atoms with E-state index < -0.39 is 0 Å². The molecule has 0 radical (unpaired) electrons. The molecule has 1 N–H and O–H groups in total. The number of aliphatic hydroxyl groups is 1. The van der Waals surface area contributed by atoms with Crippen LogP contribution in [0, 0.1) is 52.3 Å². The third kappa shape index (κ3) is 4.32. The predicted molar refractivity (Wildman–Crippen MR) is 134 cm³/mol. The third-order valence-corrected chi connectivity index (χ3v) is 11.4. The summed E-state index contributed by atoms with van der Waals surface area (Å²) < 4.78 is 5.28. The lowest BCUT2D eigenvalue weighted by Gasteiger charge is -2.62. The van der Waals surface area contributed by atoms with Gasteiger partial charge in [0.2, 0.25) is 0 Å². The number of thioether (sulfide) groups is 1. The first-order chi connectivity index (χ1) is 15.7. The van der Waals surface area contributed by atoms with Crippen LogP contribution in [0.1, 0.15) is 91.9 Å². The summed E-state index contributed by atoms with van der Waals surface area (Å²) in [6.07, 6.45) is 11.5. The van der Waals surface area contributed by atoms with Gasteiger partial charge >= 0.3 is 5.97 Å². The molecule has 4 rings (SSSR count). The first-order valence-corrected chi connectivity index (χ1v) is 14.9. The predicted octanol–water partition coefficient (Wildman–Crippen LogP) is 6.10. The van der Waals surface area contributed by atoms with Crippen molar-refractivity contribution in [1.29, 1.82) is 0 Å². The quantitative estimate of drug-likeness (QED) is 0.354. The largest absolute Gasteiger partial charge is 0.455 e. The van der Waals surface area contributed by atoms with Gasteiger partial charge in [-0.05, 0) is 104 Å². The van der Waals surface area contributed by atoms with E-state index in [9.17, 15) is 14.7 Å². The Labute approximate surface area is 205 Å². The van der Waals surface area contributed by atoms with Gasteiger partial charge in [0.1, 0.15) is 11.7 Å². The van der Waals surface area contributed by atoms with E-state index >= 15 is 0 Å². The number of carbonyl (C=O) groups is 2. The molecule has 0 aliphatic heterocycles. The molecule has 0 saturated heterocycles. The first kappa shape index (κ1) is 25.5. The molecule has 0 spiro atoms. The second-order valence-corrected chi connectivity index (χ2v) is 13.2. The molecule has 0 bridgehead atoms. The molecule has 0 amide bonds. The van der Waals surface area contributed by atoms with Gasteiger partial charge in [-0.25, -0.2) is 0 Å². The van der Waals surface area contributed by atoms with E-state index in [0.29, 0.717) is 47.7 Å². The normalized spacial score (nSPS) is 45.6. The van der Waals surface area contributed by atoms with Gasteiger partial charge in [-0.3, -0.25) is 9.59 Å². The van der Waals surface area contributed by atoms with Crippen LogP contribution in [0.2, 0.25) is 0 Å². The highest BCUT2D eigenvalue weighted by molar-refractivity contribution is 7.98. The molecule has 5 heteroatoms. The Bertz CT molecular complexity index is 739. The minimum atomic E-state index is -0.227. The number of rotatable bonds is 7. The molecule has 4 aliphatic carbocycles. The van der Waals surface area contributed by atoms with Crippen molar-refractivity contribution in [2.75, 3.05) is 12.2 Å². The monoisotopic (exact) mass is 478 g/mol. The molecule has 0 heterocycles. The van der Waals surface area contributed by atoms with Crippen LogP contribution >= 0.6 is 11.8 Å². The van der Waals surface area contributed by atoms with Crippen LogP contribution in [0.25, 0.3) is 0 Å². The maximum atomic E-state index is 14.0. The fraction of sp³-hybridized carbons (Fsp3) is 0.929. The molecular formula is C28H46O4S. The molecule has 4 nitrogen and oxygen atoms in total. The summed E-state index contributed by atoms with van der Waals surface area (Å²) in [6, 6.07) is 0. The van der Waals surface area contributed by atoms with Crippen LogP contribution in [-0.4, -0.2) is 35.2 Å². The van der Waals surface area contributed by atoms with Crippen molar-refractivity contribution >= 4 is 23.5 Å². The second-order valence-electron chi connectivity index (χ2n) is 12.4. The Balaban J connectivity index is 1.52. The minimum absolute atomic E-state index is 0.0775. The standard InChI is InChI=1S/C28H46O4S/c1-6-19-23-15-18(29)11-13-28(23,4)22-12-14-27(3)20(8-9-21(27)25(22)26(19)31)17(2)7-10-24(30)32-16-33-5/h17-23,25,29H,6-16H2,1-5H3/t17-,18-,19-,20-,21+,22+,23+,25+,27-,28-/m1/s1. The van der Waals surface area contributed by atoms with Crippen LogP contribution in [0.15, 0.2) is 0 Å². The molecule has 0 unspecified atom stereocenters. The van der Waals surface area contributed by atoms with Crippen LogP contribution in [0.3, 0.4) is 0 Å². The van der Waals surface area contributed by atoms with E-state index in [0.717, 1.165) is 44.9 Å². The fourth-order valence-corrected chi connectivity index (χ4v) is 9.60. The van der Waals surface area contributed by atoms with E-state index in [1.807, 2.05) is 6.26 Å². The van der Waals surface area contributed by atoms with Gasteiger partial charge in [-0.15, -0.1) is 11.8 Å². The molecule has 0 aromatic carbocycles. The van der Waals surface area contributed by atoms with Crippen molar-refractivity contribution in [1.82, 2.24) is 0 Å². The van der Waals surface area contributed by atoms with Crippen molar-refractivity contribution in [3.05, 3.63) is 0 Å². The van der Waals surface area contributed by atoms with Gasteiger partial charge in [-0.2, -0.15) is 0 Å². The van der Waals surface area contributed by atoms with Crippen LogP contribution in [-0.2, 0) is 14.3 Å². The number of ketones is 1. The fourth-order valence-electron chi connectivity index (χ4n) is 9.35. The van der Waals surface area contributed by atoms with E-state index in [1.54, 1.807) is 0 Å². The first-order valence-electron chi connectivity index (χ1n) is 13.5. The van der Waals surface area contributed by atoms with Crippen LogP contribution in [0.5, 0.6) is 0 Å². The number of hydrogen-bond donors (Lipinski definition) is 1. The summed E-state index contributed by atoms with van der Waals surface area (Å²) in [5.74, 6) is 3.61. The summed E-state index contributed by atoms with van der Waals surface area (Å²) >= 11 is 1.54. The van der Waals surface area contributed by atoms with Crippen molar-refractivity contribution in [2.24, 2.45) is 52.3 Å². The molecule has 0 aromatic rings. The average Bonchev–Trinajstić information content (AvgIpc) is 3.14. The van der Waals surface area contributed by atoms with Crippen molar-refractivity contribution in [2.45, 2.75) is 98.0 Å². The van der Waals surface area contributed by atoms with Crippen molar-refractivity contribution < 1.29 is 19.4 Å². The Morgan fingerprint density at radius 2 is 1.82 bits per heavy atom. The van der Waals surface area contributed by atoms with Gasteiger partial charge in [-0.1, -0.05) is 27.7 Å². The van der Waals surface area contributed by atoms with E-state index in [4.69, 9.17) is 4.74 Å². The Hall–Kier alpha value is -0.550. The minimum Gasteiger partial charge on any atom is -0.455 e. The molecule has 4 saturated carbocycles. The summed E-state index contributed by atoms with van der Waals surface area (Å²) in [7, 11) is 0. The zero-order chi connectivity index (χ0) is 24.0. The molecule has 188 valence electrons. The smallest absolute Gasteiger partial charge is 0.306 e. The number of ether oxygens (including phenoxy) is 1. The Morgan fingerprint density at radius 3 is 2.52 bits per heavy atom. The molecule has 10 atom stereocenters. The lowest BCUT2D eigenvalue weighted by molar-refractivity contribution is -0.173. The number of hydrogen-bond acceptors (Lipinski definition) is 5. The van der Waals surface area contributed by atoms with E-state index in [1.165, 1.54) is 24.6 Å². The van der Waals surface area contributed by atoms with Gasteiger partial charge in [0.25, 0.3) is 0 Å². The Kier molecular flexibility index (Phi) is 7.61. The summed E-state index contributed by atoms with van der Waals surface area (Å²) in [4.78, 5) is 26.1. The van der Waals surface area contributed by atoms with Gasteiger partial charge in [0.05, 0.1) is 6.10 Å². The van der Waals surface area contributed by atoms with Gasteiger partial charge in [0, 0.05) is 18.3 Å². The topological polar surface area (TPSA) is 63.6 Å².